The van der Waals surface area contributed by atoms with E-state index in [1.54, 1.807) is 6.92 Å². The number of sulfonamides is 1. The maximum absolute atomic E-state index is 13.1. The minimum atomic E-state index is -3.88. The molecule has 18 heavy (non-hydrogen) atoms. The molecule has 0 amide bonds. The maximum atomic E-state index is 13.1. The molecule has 0 saturated carbocycles. The molecule has 1 rings (SSSR count). The van der Waals surface area contributed by atoms with Gasteiger partial charge in [-0.25, -0.2) is 17.5 Å². The van der Waals surface area contributed by atoms with Crippen molar-refractivity contribution >= 4 is 53.5 Å². The zero-order valence-corrected chi connectivity index (χ0v) is 14.1. The number of hydrogen-bond donors (Lipinski definition) is 1. The molecule has 0 spiro atoms. The number of halogens is 4. The van der Waals surface area contributed by atoms with Gasteiger partial charge < -0.3 is 0 Å². The highest BCUT2D eigenvalue weighted by Gasteiger charge is 2.30. The molecule has 102 valence electrons. The highest BCUT2D eigenvalue weighted by molar-refractivity contribution is 9.09. The molecule has 0 heterocycles. The predicted molar refractivity (Wildman–Crippen MR) is 77.7 cm³/mol. The second-order valence-corrected chi connectivity index (χ2v) is 7.19. The maximum Gasteiger partial charge on any atom is 0.242 e. The van der Waals surface area contributed by atoms with Crippen LogP contribution in [0.4, 0.5) is 4.39 Å². The Kier molecular flexibility index (Phi) is 5.61. The number of benzene rings is 1. The minimum absolute atomic E-state index is 0.0182. The number of rotatable bonds is 5. The van der Waals surface area contributed by atoms with Crippen LogP contribution in [-0.2, 0) is 10.0 Å². The van der Waals surface area contributed by atoms with Crippen LogP contribution in [0.25, 0.3) is 0 Å². The van der Waals surface area contributed by atoms with Gasteiger partial charge >= 0.3 is 0 Å². The standard InChI is InChI=1S/C10H11Br2ClFNO2S/c1-10(5-11,6-12)15-18(16,17)9-4-7(14)2-3-8(9)13/h2-4,15H,5-6H2,1H3. The lowest BCUT2D eigenvalue weighted by Crippen LogP contribution is -2.48. The Morgan fingerprint density at radius 1 is 1.39 bits per heavy atom. The van der Waals surface area contributed by atoms with E-state index in [0.29, 0.717) is 10.7 Å². The second kappa shape index (κ2) is 6.17. The highest BCUT2D eigenvalue weighted by Crippen LogP contribution is 2.24. The van der Waals surface area contributed by atoms with Gasteiger partial charge in [0, 0.05) is 16.2 Å². The summed E-state index contributed by atoms with van der Waals surface area (Å²) in [6.07, 6.45) is 0. The van der Waals surface area contributed by atoms with Crippen molar-refractivity contribution in [3.05, 3.63) is 29.0 Å². The van der Waals surface area contributed by atoms with E-state index in [4.69, 9.17) is 11.6 Å². The summed E-state index contributed by atoms with van der Waals surface area (Å²) in [6, 6.07) is 3.22. The van der Waals surface area contributed by atoms with Crippen LogP contribution in [0.2, 0.25) is 5.02 Å². The van der Waals surface area contributed by atoms with E-state index in [1.807, 2.05) is 0 Å². The molecule has 3 nitrogen and oxygen atoms in total. The van der Waals surface area contributed by atoms with Crippen LogP contribution >= 0.6 is 43.5 Å². The largest absolute Gasteiger partial charge is 0.242 e. The van der Waals surface area contributed by atoms with Crippen molar-refractivity contribution in [3.63, 3.8) is 0 Å². The first-order valence-electron chi connectivity index (χ1n) is 4.85. The third-order valence-corrected chi connectivity index (χ3v) is 6.75. The van der Waals surface area contributed by atoms with E-state index in [9.17, 15) is 12.8 Å². The van der Waals surface area contributed by atoms with Gasteiger partial charge in [0.25, 0.3) is 0 Å². The summed E-state index contributed by atoms with van der Waals surface area (Å²) in [6.45, 7) is 1.71. The van der Waals surface area contributed by atoms with Crippen molar-refractivity contribution in [2.75, 3.05) is 10.7 Å². The molecule has 8 heteroatoms. The summed E-state index contributed by atoms with van der Waals surface area (Å²) in [7, 11) is -3.88. The lowest BCUT2D eigenvalue weighted by Gasteiger charge is -2.26. The molecular formula is C10H11Br2ClFNO2S. The van der Waals surface area contributed by atoms with Crippen molar-refractivity contribution in [2.24, 2.45) is 0 Å². The van der Waals surface area contributed by atoms with Crippen molar-refractivity contribution in [2.45, 2.75) is 17.4 Å². The molecule has 1 aromatic carbocycles. The number of nitrogens with one attached hydrogen (secondary N) is 1. The van der Waals surface area contributed by atoms with Crippen molar-refractivity contribution in [1.82, 2.24) is 4.72 Å². The Labute approximate surface area is 127 Å². The van der Waals surface area contributed by atoms with Crippen LogP contribution in [0.15, 0.2) is 23.1 Å². The molecule has 0 radical (unpaired) electrons. The molecule has 0 saturated heterocycles. The van der Waals surface area contributed by atoms with Gasteiger partial charge in [-0.15, -0.1) is 0 Å². The fraction of sp³-hybridized carbons (Fsp3) is 0.400. The molecule has 0 aliphatic heterocycles. The summed E-state index contributed by atoms with van der Waals surface area (Å²) < 4.78 is 39.9. The second-order valence-electron chi connectivity index (χ2n) is 4.01. The summed E-state index contributed by atoms with van der Waals surface area (Å²) in [4.78, 5) is -0.266. The summed E-state index contributed by atoms with van der Waals surface area (Å²) in [5.74, 6) is -0.654. The summed E-state index contributed by atoms with van der Waals surface area (Å²) >= 11 is 12.2. The third-order valence-electron chi connectivity index (χ3n) is 2.15. The quantitative estimate of drug-likeness (QED) is 0.739. The molecule has 0 aliphatic carbocycles. The van der Waals surface area contributed by atoms with E-state index in [-0.39, 0.29) is 9.92 Å². The molecule has 0 aromatic heterocycles. The summed E-state index contributed by atoms with van der Waals surface area (Å²) in [5, 5.41) is 0.782. The lowest BCUT2D eigenvalue weighted by molar-refractivity contribution is 0.508. The van der Waals surface area contributed by atoms with Crippen molar-refractivity contribution in [1.29, 1.82) is 0 Å². The van der Waals surface area contributed by atoms with Gasteiger partial charge in [-0.2, -0.15) is 0 Å². The Hall–Kier alpha value is 0.310. The van der Waals surface area contributed by atoms with E-state index in [1.165, 1.54) is 6.07 Å². The fourth-order valence-electron chi connectivity index (χ4n) is 1.15. The summed E-state index contributed by atoms with van der Waals surface area (Å²) in [5.41, 5.74) is -0.728. The Balaban J connectivity index is 3.18. The topological polar surface area (TPSA) is 46.2 Å². The SMILES string of the molecule is CC(CBr)(CBr)NS(=O)(=O)c1cc(F)ccc1Cl. The first kappa shape index (κ1) is 16.4. The third kappa shape index (κ3) is 3.90. The first-order chi connectivity index (χ1) is 8.24. The van der Waals surface area contributed by atoms with Crippen LogP contribution in [0, 0.1) is 5.82 Å². The molecule has 0 bridgehead atoms. The smallest absolute Gasteiger partial charge is 0.207 e. The average molecular weight is 424 g/mol. The molecular weight excluding hydrogens is 412 g/mol. The van der Waals surface area contributed by atoms with Gasteiger partial charge in [-0.05, 0) is 25.1 Å². The van der Waals surface area contributed by atoms with Crippen molar-refractivity contribution < 1.29 is 12.8 Å². The predicted octanol–water partition coefficient (Wildman–Crippen LogP) is 3.31. The van der Waals surface area contributed by atoms with Crippen LogP contribution < -0.4 is 4.72 Å². The van der Waals surface area contributed by atoms with Crippen molar-refractivity contribution in [3.8, 4) is 0 Å². The molecule has 0 aliphatic rings. The van der Waals surface area contributed by atoms with E-state index >= 15 is 0 Å². The van der Waals surface area contributed by atoms with Crippen LogP contribution in [0.3, 0.4) is 0 Å². The number of alkyl halides is 2. The molecule has 1 N–H and O–H groups in total. The van der Waals surface area contributed by atoms with Gasteiger partial charge in [0.05, 0.1) is 5.02 Å². The van der Waals surface area contributed by atoms with Gasteiger partial charge in [0.1, 0.15) is 10.7 Å². The highest BCUT2D eigenvalue weighted by atomic mass is 79.9. The van der Waals surface area contributed by atoms with E-state index < -0.39 is 21.4 Å². The normalized spacial score (nSPS) is 12.7. The number of hydrogen-bond acceptors (Lipinski definition) is 2. The first-order valence-corrected chi connectivity index (χ1v) is 8.95. The lowest BCUT2D eigenvalue weighted by atomic mass is 10.1. The van der Waals surface area contributed by atoms with Crippen LogP contribution in [0.1, 0.15) is 6.92 Å². The zero-order chi connectivity index (χ0) is 14.0. The molecule has 0 atom stereocenters. The Morgan fingerprint density at radius 3 is 2.44 bits per heavy atom. The Morgan fingerprint density at radius 2 is 1.94 bits per heavy atom. The van der Waals surface area contributed by atoms with Gasteiger partial charge in [0.2, 0.25) is 10.0 Å². The van der Waals surface area contributed by atoms with Crippen LogP contribution in [-0.4, -0.2) is 24.6 Å². The van der Waals surface area contributed by atoms with E-state index in [0.717, 1.165) is 12.1 Å². The zero-order valence-electron chi connectivity index (χ0n) is 9.38. The Bertz CT molecular complexity index is 535. The van der Waals surface area contributed by atoms with E-state index in [2.05, 4.69) is 36.6 Å². The van der Waals surface area contributed by atoms with Gasteiger partial charge in [-0.1, -0.05) is 43.5 Å². The molecule has 0 unspecified atom stereocenters. The monoisotopic (exact) mass is 421 g/mol. The minimum Gasteiger partial charge on any atom is -0.207 e. The molecule has 1 aromatic rings. The average Bonchev–Trinajstić information content (AvgIpc) is 2.31. The molecule has 0 fully saturated rings. The van der Waals surface area contributed by atoms with Crippen LogP contribution in [0.5, 0.6) is 0 Å². The fourth-order valence-corrected chi connectivity index (χ4v) is 4.65. The van der Waals surface area contributed by atoms with Gasteiger partial charge in [-0.3, -0.25) is 0 Å². The van der Waals surface area contributed by atoms with Gasteiger partial charge in [0.15, 0.2) is 0 Å².